The van der Waals surface area contributed by atoms with Crippen LogP contribution in [-0.2, 0) is 27.7 Å². The fourth-order valence-corrected chi connectivity index (χ4v) is 3.02. The third kappa shape index (κ3) is 2.21. The van der Waals surface area contributed by atoms with Crippen molar-refractivity contribution in [3.8, 4) is 0 Å². The minimum absolute atomic E-state index is 0.284. The number of piperidine rings is 1. The minimum Gasteiger partial charge on any atom is -0.324 e. The van der Waals surface area contributed by atoms with Crippen molar-refractivity contribution in [1.29, 1.82) is 0 Å². The Balaban J connectivity index is 2.11. The molecule has 3 rings (SSSR count). The van der Waals surface area contributed by atoms with Gasteiger partial charge in [0.15, 0.2) is 11.2 Å². The van der Waals surface area contributed by atoms with Gasteiger partial charge in [-0.15, -0.1) is 0 Å². The van der Waals surface area contributed by atoms with Crippen molar-refractivity contribution >= 4 is 11.2 Å². The summed E-state index contributed by atoms with van der Waals surface area (Å²) >= 11 is 0. The molecular formula is C14H21N5O2. The van der Waals surface area contributed by atoms with E-state index in [1.54, 1.807) is 7.05 Å². The van der Waals surface area contributed by atoms with Gasteiger partial charge in [0.1, 0.15) is 5.82 Å². The number of nitrogens with zero attached hydrogens (tertiary/aromatic N) is 5. The van der Waals surface area contributed by atoms with Crippen molar-refractivity contribution in [2.45, 2.75) is 25.8 Å². The van der Waals surface area contributed by atoms with Crippen molar-refractivity contribution in [3.05, 3.63) is 26.7 Å². The van der Waals surface area contributed by atoms with E-state index in [-0.39, 0.29) is 11.2 Å². The molecule has 0 unspecified atom stereocenters. The molecule has 0 amide bonds. The van der Waals surface area contributed by atoms with Gasteiger partial charge in [-0.05, 0) is 25.9 Å². The summed E-state index contributed by atoms with van der Waals surface area (Å²) in [6.45, 7) is 2.86. The molecule has 2 aromatic heterocycles. The van der Waals surface area contributed by atoms with Crippen LogP contribution in [0.25, 0.3) is 11.2 Å². The second-order valence-corrected chi connectivity index (χ2v) is 5.80. The van der Waals surface area contributed by atoms with E-state index < -0.39 is 0 Å². The average Bonchev–Trinajstić information content (AvgIpc) is 2.81. The Labute approximate surface area is 122 Å². The Kier molecular flexibility index (Phi) is 3.44. The lowest BCUT2D eigenvalue weighted by molar-refractivity contribution is 0.214. The summed E-state index contributed by atoms with van der Waals surface area (Å²) in [5.74, 6) is 0.838. The first kappa shape index (κ1) is 14.1. The zero-order valence-corrected chi connectivity index (χ0v) is 12.8. The average molecular weight is 291 g/mol. The number of hydrogen-bond donors (Lipinski definition) is 0. The largest absolute Gasteiger partial charge is 0.332 e. The van der Waals surface area contributed by atoms with Crippen LogP contribution in [0.2, 0.25) is 0 Å². The molecule has 0 N–H and O–H groups in total. The molecule has 0 radical (unpaired) electrons. The molecule has 2 aromatic rings. The Morgan fingerprint density at radius 3 is 2.29 bits per heavy atom. The molecule has 0 saturated carbocycles. The molecule has 1 aliphatic rings. The molecule has 7 heteroatoms. The third-order valence-corrected chi connectivity index (χ3v) is 4.38. The van der Waals surface area contributed by atoms with Crippen molar-refractivity contribution in [1.82, 2.24) is 23.6 Å². The summed E-state index contributed by atoms with van der Waals surface area (Å²) in [7, 11) is 5.00. The Hall–Kier alpha value is -1.89. The van der Waals surface area contributed by atoms with Gasteiger partial charge in [0, 0.05) is 21.1 Å². The van der Waals surface area contributed by atoms with Crippen molar-refractivity contribution in [2.24, 2.45) is 21.1 Å². The minimum atomic E-state index is -0.338. The van der Waals surface area contributed by atoms with E-state index >= 15 is 0 Å². The molecule has 0 aromatic carbocycles. The van der Waals surface area contributed by atoms with Gasteiger partial charge < -0.3 is 4.57 Å². The van der Waals surface area contributed by atoms with E-state index in [2.05, 4.69) is 9.88 Å². The molecule has 0 bridgehead atoms. The molecular weight excluding hydrogens is 270 g/mol. The molecule has 114 valence electrons. The highest BCUT2D eigenvalue weighted by Crippen LogP contribution is 2.15. The van der Waals surface area contributed by atoms with Crippen LogP contribution in [-0.4, -0.2) is 36.7 Å². The molecule has 7 nitrogen and oxygen atoms in total. The number of likely N-dealkylation sites (tertiary alicyclic amines) is 1. The zero-order chi connectivity index (χ0) is 15.1. The maximum Gasteiger partial charge on any atom is 0.332 e. The topological polar surface area (TPSA) is 65.1 Å². The van der Waals surface area contributed by atoms with Crippen LogP contribution >= 0.6 is 0 Å². The van der Waals surface area contributed by atoms with Gasteiger partial charge >= 0.3 is 5.69 Å². The highest BCUT2D eigenvalue weighted by molar-refractivity contribution is 5.70. The van der Waals surface area contributed by atoms with Crippen LogP contribution in [0.3, 0.4) is 0 Å². The molecule has 0 aliphatic carbocycles. The quantitative estimate of drug-likeness (QED) is 0.778. The van der Waals surface area contributed by atoms with E-state index in [1.807, 2.05) is 11.6 Å². The van der Waals surface area contributed by atoms with Crippen LogP contribution in [0.4, 0.5) is 0 Å². The lowest BCUT2D eigenvalue weighted by atomic mass is 10.1. The van der Waals surface area contributed by atoms with Crippen LogP contribution in [0.1, 0.15) is 25.1 Å². The summed E-state index contributed by atoms with van der Waals surface area (Å²) in [6, 6.07) is 0. The Bertz CT molecular complexity index is 792. The number of fused-ring (bicyclic) bond motifs is 1. The molecule has 0 spiro atoms. The lowest BCUT2D eigenvalue weighted by Crippen LogP contribution is -2.37. The Morgan fingerprint density at radius 1 is 0.952 bits per heavy atom. The maximum absolute atomic E-state index is 12.3. The Morgan fingerprint density at radius 2 is 1.62 bits per heavy atom. The molecule has 21 heavy (non-hydrogen) atoms. The van der Waals surface area contributed by atoms with E-state index in [0.29, 0.717) is 11.2 Å². The molecule has 1 aliphatic heterocycles. The van der Waals surface area contributed by atoms with Crippen LogP contribution < -0.4 is 11.2 Å². The van der Waals surface area contributed by atoms with E-state index in [4.69, 9.17) is 0 Å². The predicted octanol–water partition coefficient (Wildman–Crippen LogP) is -0.0434. The fraction of sp³-hybridized carbons (Fsp3) is 0.643. The van der Waals surface area contributed by atoms with Crippen LogP contribution in [0.15, 0.2) is 9.59 Å². The van der Waals surface area contributed by atoms with Gasteiger partial charge in [-0.1, -0.05) is 6.42 Å². The fourth-order valence-electron chi connectivity index (χ4n) is 3.02. The molecule has 0 atom stereocenters. The van der Waals surface area contributed by atoms with E-state index in [9.17, 15) is 9.59 Å². The van der Waals surface area contributed by atoms with Crippen LogP contribution in [0, 0.1) is 0 Å². The third-order valence-electron chi connectivity index (χ3n) is 4.38. The van der Waals surface area contributed by atoms with Gasteiger partial charge in [-0.3, -0.25) is 18.8 Å². The number of imidazole rings is 1. The SMILES string of the molecule is Cn1c(=O)c2c(nc(CN3CCCCC3)n2C)n(C)c1=O. The van der Waals surface area contributed by atoms with Crippen molar-refractivity contribution < 1.29 is 0 Å². The monoisotopic (exact) mass is 291 g/mol. The second kappa shape index (κ2) is 5.14. The summed E-state index contributed by atoms with van der Waals surface area (Å²) < 4.78 is 4.40. The number of aryl methyl sites for hydroxylation is 2. The van der Waals surface area contributed by atoms with Crippen LogP contribution in [0.5, 0.6) is 0 Å². The second-order valence-electron chi connectivity index (χ2n) is 5.80. The van der Waals surface area contributed by atoms with Gasteiger partial charge in [0.2, 0.25) is 0 Å². The normalized spacial score (nSPS) is 16.7. The summed E-state index contributed by atoms with van der Waals surface area (Å²) in [6.07, 6.45) is 3.71. The standard InChI is InChI=1S/C14H21N5O2/c1-16-10(9-19-7-5-4-6-8-19)15-12-11(16)13(20)18(3)14(21)17(12)2/h4-9H2,1-3H3. The van der Waals surface area contributed by atoms with Crippen molar-refractivity contribution in [3.63, 3.8) is 0 Å². The van der Waals surface area contributed by atoms with Gasteiger partial charge in [-0.2, -0.15) is 0 Å². The maximum atomic E-state index is 12.3. The highest BCUT2D eigenvalue weighted by Gasteiger charge is 2.19. The van der Waals surface area contributed by atoms with Gasteiger partial charge in [-0.25, -0.2) is 9.78 Å². The number of aromatic nitrogens is 4. The van der Waals surface area contributed by atoms with Gasteiger partial charge in [0.25, 0.3) is 5.56 Å². The van der Waals surface area contributed by atoms with Crippen molar-refractivity contribution in [2.75, 3.05) is 13.1 Å². The summed E-state index contributed by atoms with van der Waals surface area (Å²) in [5, 5.41) is 0. The summed E-state index contributed by atoms with van der Waals surface area (Å²) in [5.41, 5.74) is 0.340. The number of rotatable bonds is 2. The van der Waals surface area contributed by atoms with E-state index in [1.165, 1.54) is 30.9 Å². The first-order valence-electron chi connectivity index (χ1n) is 7.34. The molecule has 1 fully saturated rings. The summed E-state index contributed by atoms with van der Waals surface area (Å²) in [4.78, 5) is 31.2. The first-order chi connectivity index (χ1) is 10.0. The predicted molar refractivity (Wildman–Crippen MR) is 80.3 cm³/mol. The molecule has 3 heterocycles. The molecule has 1 saturated heterocycles. The first-order valence-corrected chi connectivity index (χ1v) is 7.34. The number of hydrogen-bond acceptors (Lipinski definition) is 4. The zero-order valence-electron chi connectivity index (χ0n) is 12.8. The smallest absolute Gasteiger partial charge is 0.324 e. The lowest BCUT2D eigenvalue weighted by Gasteiger charge is -2.25. The van der Waals surface area contributed by atoms with E-state index in [0.717, 1.165) is 30.0 Å². The van der Waals surface area contributed by atoms with Gasteiger partial charge in [0.05, 0.1) is 6.54 Å². The highest BCUT2D eigenvalue weighted by atomic mass is 16.2.